The minimum Gasteiger partial charge on any atom is -0.493 e. The molecule has 3 rings (SSSR count). The van der Waals surface area contributed by atoms with Gasteiger partial charge in [0.15, 0.2) is 0 Å². The van der Waals surface area contributed by atoms with Crippen molar-refractivity contribution in [2.75, 3.05) is 13.7 Å². The summed E-state index contributed by atoms with van der Waals surface area (Å²) in [6.07, 6.45) is 1.56. The lowest BCUT2D eigenvalue weighted by Gasteiger charge is -2.19. The summed E-state index contributed by atoms with van der Waals surface area (Å²) in [5, 5.41) is 0. The summed E-state index contributed by atoms with van der Waals surface area (Å²) < 4.78 is 22.6. The van der Waals surface area contributed by atoms with E-state index in [0.29, 0.717) is 38.4 Å². The number of rotatable bonds is 10. The number of hydrogen-bond acceptors (Lipinski definition) is 6. The van der Waals surface area contributed by atoms with Crippen molar-refractivity contribution in [2.24, 2.45) is 0 Å². The van der Waals surface area contributed by atoms with Gasteiger partial charge in [-0.1, -0.05) is 24.3 Å². The standard InChI is InChI=1S/C27H33NO5/c1-19-24(28-26(32-19)21-9-7-6-8-10-21)15-16-31-23-13-11-20(22(17-23)18-30-5)12-14-25(29)33-27(2,3)4/h6-11,13,17H,12,14-16,18H2,1-5H3. The number of aryl methyl sites for hydroxylation is 2. The molecule has 0 aliphatic carbocycles. The molecule has 0 bridgehead atoms. The number of benzene rings is 2. The van der Waals surface area contributed by atoms with Crippen LogP contribution in [-0.4, -0.2) is 30.3 Å². The van der Waals surface area contributed by atoms with Gasteiger partial charge in [0.05, 0.1) is 18.9 Å². The Morgan fingerprint density at radius 1 is 1.03 bits per heavy atom. The van der Waals surface area contributed by atoms with Crippen molar-refractivity contribution in [2.45, 2.75) is 59.2 Å². The predicted molar refractivity (Wildman–Crippen MR) is 127 cm³/mol. The summed E-state index contributed by atoms with van der Waals surface area (Å²) in [5.74, 6) is 1.98. The molecule has 1 heterocycles. The first-order valence-corrected chi connectivity index (χ1v) is 11.2. The number of aromatic nitrogens is 1. The van der Waals surface area contributed by atoms with E-state index in [-0.39, 0.29) is 5.97 Å². The zero-order valence-electron chi connectivity index (χ0n) is 20.1. The molecule has 0 radical (unpaired) electrons. The third kappa shape index (κ3) is 7.46. The first-order chi connectivity index (χ1) is 15.7. The zero-order chi connectivity index (χ0) is 23.8. The lowest BCUT2D eigenvalue weighted by atomic mass is 10.0. The number of oxazole rings is 1. The van der Waals surface area contributed by atoms with E-state index < -0.39 is 5.60 Å². The van der Waals surface area contributed by atoms with Crippen LogP contribution < -0.4 is 4.74 Å². The number of ether oxygens (including phenoxy) is 3. The average molecular weight is 452 g/mol. The van der Waals surface area contributed by atoms with Crippen molar-refractivity contribution in [3.8, 4) is 17.2 Å². The van der Waals surface area contributed by atoms with Gasteiger partial charge in [-0.15, -0.1) is 0 Å². The maximum atomic E-state index is 12.1. The Balaban J connectivity index is 1.58. The summed E-state index contributed by atoms with van der Waals surface area (Å²) in [7, 11) is 1.66. The number of carbonyl (C=O) groups is 1. The number of esters is 1. The Hall–Kier alpha value is -3.12. The van der Waals surface area contributed by atoms with Crippen LogP contribution in [0.25, 0.3) is 11.5 Å². The quantitative estimate of drug-likeness (QED) is 0.369. The maximum Gasteiger partial charge on any atom is 0.306 e. The second-order valence-electron chi connectivity index (χ2n) is 8.94. The van der Waals surface area contributed by atoms with Gasteiger partial charge in [-0.05, 0) is 69.5 Å². The molecule has 0 N–H and O–H groups in total. The summed E-state index contributed by atoms with van der Waals surface area (Å²) in [6.45, 7) is 8.46. The molecule has 0 aliphatic heterocycles. The fraction of sp³-hybridized carbons (Fsp3) is 0.407. The fourth-order valence-corrected chi connectivity index (χ4v) is 3.48. The minimum atomic E-state index is -0.478. The van der Waals surface area contributed by atoms with Crippen molar-refractivity contribution >= 4 is 5.97 Å². The molecule has 0 aliphatic rings. The first kappa shape index (κ1) is 24.5. The molecule has 3 aromatic rings. The van der Waals surface area contributed by atoms with E-state index in [4.69, 9.17) is 18.6 Å². The van der Waals surface area contributed by atoms with Crippen LogP contribution in [0.1, 0.15) is 49.8 Å². The number of methoxy groups -OCH3 is 1. The van der Waals surface area contributed by atoms with Gasteiger partial charge >= 0.3 is 5.97 Å². The Bertz CT molecular complexity index is 1050. The Morgan fingerprint density at radius 3 is 2.48 bits per heavy atom. The van der Waals surface area contributed by atoms with Crippen molar-refractivity contribution in [3.63, 3.8) is 0 Å². The molecule has 0 saturated heterocycles. The van der Waals surface area contributed by atoms with E-state index in [9.17, 15) is 4.79 Å². The molecule has 33 heavy (non-hydrogen) atoms. The molecule has 0 unspecified atom stereocenters. The van der Waals surface area contributed by atoms with Crippen molar-refractivity contribution in [1.82, 2.24) is 4.98 Å². The Kier molecular flexibility index (Phi) is 8.28. The van der Waals surface area contributed by atoms with Gasteiger partial charge in [-0.3, -0.25) is 4.79 Å². The zero-order valence-corrected chi connectivity index (χ0v) is 20.1. The smallest absolute Gasteiger partial charge is 0.306 e. The highest BCUT2D eigenvalue weighted by atomic mass is 16.6. The molecule has 0 fully saturated rings. The van der Waals surface area contributed by atoms with Gasteiger partial charge in [0.1, 0.15) is 17.1 Å². The van der Waals surface area contributed by atoms with Gasteiger partial charge in [-0.2, -0.15) is 0 Å². The molecule has 176 valence electrons. The normalized spacial score (nSPS) is 11.4. The molecule has 1 aromatic heterocycles. The summed E-state index contributed by atoms with van der Waals surface area (Å²) in [5.41, 5.74) is 3.42. The van der Waals surface area contributed by atoms with Gasteiger partial charge in [0, 0.05) is 25.5 Å². The summed E-state index contributed by atoms with van der Waals surface area (Å²) in [6, 6.07) is 15.7. The van der Waals surface area contributed by atoms with Crippen molar-refractivity contribution in [3.05, 3.63) is 71.1 Å². The van der Waals surface area contributed by atoms with Gasteiger partial charge in [-0.25, -0.2) is 4.98 Å². The monoisotopic (exact) mass is 451 g/mol. The summed E-state index contributed by atoms with van der Waals surface area (Å²) >= 11 is 0. The molecular formula is C27H33NO5. The van der Waals surface area contributed by atoms with Crippen LogP contribution in [0.2, 0.25) is 0 Å². The van der Waals surface area contributed by atoms with Gasteiger partial charge in [0.2, 0.25) is 5.89 Å². The average Bonchev–Trinajstić information content (AvgIpc) is 3.13. The lowest BCUT2D eigenvalue weighted by Crippen LogP contribution is -2.24. The number of hydrogen-bond donors (Lipinski definition) is 0. The van der Waals surface area contributed by atoms with Crippen LogP contribution >= 0.6 is 0 Å². The second-order valence-corrected chi connectivity index (χ2v) is 8.94. The third-order valence-corrected chi connectivity index (χ3v) is 5.02. The van der Waals surface area contributed by atoms with Crippen molar-refractivity contribution in [1.29, 1.82) is 0 Å². The van der Waals surface area contributed by atoms with Crippen LogP contribution in [0.15, 0.2) is 52.9 Å². The second kappa shape index (κ2) is 11.1. The van der Waals surface area contributed by atoms with E-state index in [2.05, 4.69) is 4.98 Å². The predicted octanol–water partition coefficient (Wildman–Crippen LogP) is 5.69. The van der Waals surface area contributed by atoms with Gasteiger partial charge < -0.3 is 18.6 Å². The Morgan fingerprint density at radius 2 is 1.79 bits per heavy atom. The third-order valence-electron chi connectivity index (χ3n) is 5.02. The lowest BCUT2D eigenvalue weighted by molar-refractivity contribution is -0.154. The molecule has 6 heteroatoms. The van der Waals surface area contributed by atoms with Crippen LogP contribution in [0.5, 0.6) is 5.75 Å². The molecule has 0 saturated carbocycles. The van der Waals surface area contributed by atoms with Crippen LogP contribution in [0.3, 0.4) is 0 Å². The van der Waals surface area contributed by atoms with Gasteiger partial charge in [0.25, 0.3) is 0 Å². The highest BCUT2D eigenvalue weighted by Gasteiger charge is 2.17. The molecule has 0 atom stereocenters. The molecule has 0 amide bonds. The largest absolute Gasteiger partial charge is 0.493 e. The van der Waals surface area contributed by atoms with Crippen LogP contribution in [-0.2, 0) is 33.7 Å². The minimum absolute atomic E-state index is 0.205. The number of nitrogens with zero attached hydrogens (tertiary/aromatic N) is 1. The van der Waals surface area contributed by atoms with E-state index in [1.807, 2.05) is 76.2 Å². The topological polar surface area (TPSA) is 70.8 Å². The maximum absolute atomic E-state index is 12.1. The van der Waals surface area contributed by atoms with Crippen molar-refractivity contribution < 1.29 is 23.4 Å². The molecular weight excluding hydrogens is 418 g/mol. The molecule has 2 aromatic carbocycles. The Labute approximate surface area is 195 Å². The summed E-state index contributed by atoms with van der Waals surface area (Å²) in [4.78, 5) is 16.7. The fourth-order valence-electron chi connectivity index (χ4n) is 3.48. The highest BCUT2D eigenvalue weighted by molar-refractivity contribution is 5.70. The number of carbonyl (C=O) groups excluding carboxylic acids is 1. The van der Waals surface area contributed by atoms with E-state index >= 15 is 0 Å². The first-order valence-electron chi connectivity index (χ1n) is 11.2. The molecule has 0 spiro atoms. The molecule has 6 nitrogen and oxygen atoms in total. The SMILES string of the molecule is COCc1cc(OCCc2nc(-c3ccccc3)oc2C)ccc1CCC(=O)OC(C)(C)C. The van der Waals surface area contributed by atoms with E-state index in [0.717, 1.165) is 33.9 Å². The van der Waals surface area contributed by atoms with Crippen LogP contribution in [0.4, 0.5) is 0 Å². The van der Waals surface area contributed by atoms with Crippen LogP contribution in [0, 0.1) is 6.92 Å². The van der Waals surface area contributed by atoms with E-state index in [1.54, 1.807) is 7.11 Å². The highest BCUT2D eigenvalue weighted by Crippen LogP contribution is 2.23. The van der Waals surface area contributed by atoms with E-state index in [1.165, 1.54) is 0 Å².